The van der Waals surface area contributed by atoms with E-state index < -0.39 is 0 Å². The van der Waals surface area contributed by atoms with Crippen LogP contribution >= 0.6 is 0 Å². The van der Waals surface area contributed by atoms with Gasteiger partial charge >= 0.3 is 0 Å². The van der Waals surface area contributed by atoms with Crippen molar-refractivity contribution in [2.24, 2.45) is 15.7 Å². The number of amidine groups is 2. The van der Waals surface area contributed by atoms with Gasteiger partial charge in [-0.2, -0.15) is 0 Å². The fourth-order valence-electron chi connectivity index (χ4n) is 5.59. The summed E-state index contributed by atoms with van der Waals surface area (Å²) in [6, 6.07) is 56.7. The van der Waals surface area contributed by atoms with Crippen molar-refractivity contribution in [2.75, 3.05) is 0 Å². The quantitative estimate of drug-likeness (QED) is 0.122. The molecular formula is C41H31N3. The third kappa shape index (κ3) is 5.77. The number of benzene rings is 7. The van der Waals surface area contributed by atoms with Gasteiger partial charge in [0.1, 0.15) is 5.84 Å². The molecule has 0 atom stereocenters. The Labute approximate surface area is 257 Å². The summed E-state index contributed by atoms with van der Waals surface area (Å²) in [6.45, 7) is 0.490. The molecule has 7 aromatic carbocycles. The Morgan fingerprint density at radius 3 is 1.66 bits per heavy atom. The van der Waals surface area contributed by atoms with E-state index in [-0.39, 0.29) is 0 Å². The highest BCUT2D eigenvalue weighted by atomic mass is 15.0. The van der Waals surface area contributed by atoms with Crippen molar-refractivity contribution in [1.29, 1.82) is 0 Å². The maximum absolute atomic E-state index is 6.63. The van der Waals surface area contributed by atoms with Gasteiger partial charge in [-0.15, -0.1) is 0 Å². The highest BCUT2D eigenvalue weighted by Crippen LogP contribution is 2.27. The average molecular weight is 566 g/mol. The first-order chi connectivity index (χ1) is 21.7. The second kappa shape index (κ2) is 12.2. The molecule has 2 N–H and O–H groups in total. The molecule has 0 aliphatic rings. The predicted octanol–water partition coefficient (Wildman–Crippen LogP) is 9.68. The fourth-order valence-corrected chi connectivity index (χ4v) is 5.59. The van der Waals surface area contributed by atoms with E-state index in [0.29, 0.717) is 18.2 Å². The molecule has 7 aromatic rings. The van der Waals surface area contributed by atoms with E-state index in [1.165, 1.54) is 32.8 Å². The van der Waals surface area contributed by atoms with Gasteiger partial charge in [0.25, 0.3) is 0 Å². The fraction of sp³-hybridized carbons (Fsp3) is 0.0244. The zero-order valence-corrected chi connectivity index (χ0v) is 24.3. The van der Waals surface area contributed by atoms with Gasteiger partial charge in [0, 0.05) is 11.1 Å². The summed E-state index contributed by atoms with van der Waals surface area (Å²) in [5, 5.41) is 4.80. The molecule has 0 spiro atoms. The van der Waals surface area contributed by atoms with Crippen molar-refractivity contribution >= 4 is 33.2 Å². The highest BCUT2D eigenvalue weighted by Gasteiger charge is 2.09. The summed E-state index contributed by atoms with van der Waals surface area (Å²) in [4.78, 5) is 9.93. The molecule has 210 valence electrons. The van der Waals surface area contributed by atoms with E-state index in [0.717, 1.165) is 27.6 Å². The minimum Gasteiger partial charge on any atom is -0.383 e. The molecule has 0 fully saturated rings. The van der Waals surface area contributed by atoms with Crippen LogP contribution in [0.2, 0.25) is 0 Å². The van der Waals surface area contributed by atoms with Gasteiger partial charge in [-0.1, -0.05) is 158 Å². The Kier molecular flexibility index (Phi) is 7.51. The molecule has 0 aromatic heterocycles. The normalized spacial score (nSPS) is 12.1. The molecule has 0 bridgehead atoms. The molecular weight excluding hydrogens is 534 g/mol. The molecule has 7 rings (SSSR count). The van der Waals surface area contributed by atoms with Crippen molar-refractivity contribution in [3.63, 3.8) is 0 Å². The largest absolute Gasteiger partial charge is 0.383 e. The minimum atomic E-state index is 0.432. The second-order valence-electron chi connectivity index (χ2n) is 10.9. The number of aliphatic imine (C=N–C) groups is 2. The molecule has 0 radical (unpaired) electrons. The second-order valence-corrected chi connectivity index (χ2v) is 10.9. The van der Waals surface area contributed by atoms with Crippen LogP contribution in [0.5, 0.6) is 0 Å². The van der Waals surface area contributed by atoms with Crippen molar-refractivity contribution in [2.45, 2.75) is 6.54 Å². The maximum Gasteiger partial charge on any atom is 0.157 e. The third-order valence-corrected chi connectivity index (χ3v) is 7.99. The summed E-state index contributed by atoms with van der Waals surface area (Å²) in [7, 11) is 0. The predicted molar refractivity (Wildman–Crippen MR) is 186 cm³/mol. The molecule has 0 amide bonds. The number of fused-ring (bicyclic) bond motifs is 3. The average Bonchev–Trinajstić information content (AvgIpc) is 3.10. The lowest BCUT2D eigenvalue weighted by atomic mass is 10.00. The number of nitrogens with two attached hydrogens (primary N) is 1. The Balaban J connectivity index is 1.24. The van der Waals surface area contributed by atoms with Gasteiger partial charge in [0.15, 0.2) is 5.84 Å². The molecule has 0 unspecified atom stereocenters. The van der Waals surface area contributed by atoms with Gasteiger partial charge in [-0.25, -0.2) is 4.99 Å². The number of hydrogen-bond acceptors (Lipinski definition) is 1. The number of nitrogens with zero attached hydrogens (tertiary/aromatic N) is 2. The highest BCUT2D eigenvalue weighted by molar-refractivity contribution is 6.14. The van der Waals surface area contributed by atoms with Gasteiger partial charge in [-0.05, 0) is 55.4 Å². The smallest absolute Gasteiger partial charge is 0.157 e. The lowest BCUT2D eigenvalue weighted by Gasteiger charge is -2.09. The Morgan fingerprint density at radius 1 is 0.455 bits per heavy atom. The molecule has 3 heteroatoms. The van der Waals surface area contributed by atoms with E-state index in [4.69, 9.17) is 15.7 Å². The SMILES string of the molecule is NC(=NC(=NCc1ccc(-c2ccccc2)cc1)c1ccc2c(ccc3ccccc32)c1)c1ccc(-c2ccccc2)cc1. The van der Waals surface area contributed by atoms with E-state index in [9.17, 15) is 0 Å². The Hall–Kier alpha value is -5.80. The van der Waals surface area contributed by atoms with E-state index in [1.807, 2.05) is 36.4 Å². The summed E-state index contributed by atoms with van der Waals surface area (Å²) < 4.78 is 0. The zero-order valence-electron chi connectivity index (χ0n) is 24.3. The van der Waals surface area contributed by atoms with Crippen LogP contribution in [0.1, 0.15) is 16.7 Å². The van der Waals surface area contributed by atoms with Crippen LogP contribution in [-0.2, 0) is 6.54 Å². The van der Waals surface area contributed by atoms with E-state index in [1.54, 1.807) is 0 Å². The molecule has 0 heterocycles. The molecule has 0 saturated heterocycles. The maximum atomic E-state index is 6.63. The number of hydrogen-bond donors (Lipinski definition) is 1. The Morgan fingerprint density at radius 2 is 0.977 bits per heavy atom. The van der Waals surface area contributed by atoms with Crippen molar-refractivity contribution in [1.82, 2.24) is 0 Å². The first-order valence-electron chi connectivity index (χ1n) is 14.8. The van der Waals surface area contributed by atoms with Crippen molar-refractivity contribution in [3.05, 3.63) is 180 Å². The standard InChI is InChI=1S/C41H31N3/c42-40(35-22-19-33(20-23-35)31-11-5-2-6-12-31)44-41(43-28-29-15-17-32(18-16-29)30-9-3-1-4-10-30)37-25-26-39-36(27-37)24-21-34-13-7-8-14-38(34)39/h1-27H,28H2,(H2,42,43,44). The van der Waals surface area contributed by atoms with E-state index in [2.05, 4.69) is 127 Å². The van der Waals surface area contributed by atoms with Gasteiger partial charge in [-0.3, -0.25) is 4.99 Å². The van der Waals surface area contributed by atoms with Crippen LogP contribution in [0.25, 0.3) is 43.8 Å². The van der Waals surface area contributed by atoms with Crippen LogP contribution in [0.15, 0.2) is 174 Å². The first kappa shape index (κ1) is 27.1. The van der Waals surface area contributed by atoms with Crippen LogP contribution in [0.3, 0.4) is 0 Å². The minimum absolute atomic E-state index is 0.432. The molecule has 0 saturated carbocycles. The Bertz CT molecular complexity index is 2110. The van der Waals surface area contributed by atoms with Crippen molar-refractivity contribution in [3.8, 4) is 22.3 Å². The summed E-state index contributed by atoms with van der Waals surface area (Å²) in [6.07, 6.45) is 0. The van der Waals surface area contributed by atoms with Crippen molar-refractivity contribution < 1.29 is 0 Å². The van der Waals surface area contributed by atoms with Crippen LogP contribution in [0, 0.1) is 0 Å². The lowest BCUT2D eigenvalue weighted by molar-refractivity contribution is 1.06. The van der Waals surface area contributed by atoms with Crippen LogP contribution < -0.4 is 5.73 Å². The molecule has 0 aliphatic carbocycles. The van der Waals surface area contributed by atoms with Gasteiger partial charge in [0.05, 0.1) is 6.54 Å². The first-order valence-corrected chi connectivity index (χ1v) is 14.8. The lowest BCUT2D eigenvalue weighted by Crippen LogP contribution is -2.16. The third-order valence-electron chi connectivity index (χ3n) is 7.99. The summed E-state index contributed by atoms with van der Waals surface area (Å²) in [5.74, 6) is 1.04. The summed E-state index contributed by atoms with van der Waals surface area (Å²) >= 11 is 0. The van der Waals surface area contributed by atoms with Gasteiger partial charge < -0.3 is 5.73 Å². The summed E-state index contributed by atoms with van der Waals surface area (Å²) in [5.41, 5.74) is 14.2. The van der Waals surface area contributed by atoms with E-state index >= 15 is 0 Å². The van der Waals surface area contributed by atoms with Crippen LogP contribution in [0.4, 0.5) is 0 Å². The number of rotatable bonds is 6. The zero-order chi connectivity index (χ0) is 29.7. The molecule has 0 aliphatic heterocycles. The molecule has 44 heavy (non-hydrogen) atoms. The van der Waals surface area contributed by atoms with Gasteiger partial charge in [0.2, 0.25) is 0 Å². The molecule has 3 nitrogen and oxygen atoms in total. The topological polar surface area (TPSA) is 50.7 Å². The van der Waals surface area contributed by atoms with Crippen LogP contribution in [-0.4, -0.2) is 11.7 Å². The monoisotopic (exact) mass is 565 g/mol.